The van der Waals surface area contributed by atoms with Gasteiger partial charge in [-0.3, -0.25) is 4.79 Å². The maximum Gasteiger partial charge on any atom is 0.230 e. The van der Waals surface area contributed by atoms with Gasteiger partial charge in [0.15, 0.2) is 0 Å². The molecule has 0 heterocycles. The van der Waals surface area contributed by atoms with Gasteiger partial charge < -0.3 is 5.32 Å². The Morgan fingerprint density at radius 3 is 2.36 bits per heavy atom. The fraction of sp³-hybridized carbons (Fsp3) is 0.900. The molecule has 0 saturated carbocycles. The van der Waals surface area contributed by atoms with Crippen LogP contribution >= 0.6 is 23.4 Å². The number of rotatable bonds is 7. The fourth-order valence-electron chi connectivity index (χ4n) is 1.20. The summed E-state index contributed by atoms with van der Waals surface area (Å²) in [5.41, 5.74) is 0.0790. The van der Waals surface area contributed by atoms with Crippen LogP contribution < -0.4 is 5.32 Å². The highest BCUT2D eigenvalue weighted by molar-refractivity contribution is 7.99. The van der Waals surface area contributed by atoms with Crippen LogP contribution in [0.5, 0.6) is 0 Å². The summed E-state index contributed by atoms with van der Waals surface area (Å²) in [6.45, 7) is 4.93. The Labute approximate surface area is 96.2 Å². The first kappa shape index (κ1) is 14.1. The van der Waals surface area contributed by atoms with Crippen LogP contribution in [0.1, 0.15) is 26.7 Å². The summed E-state index contributed by atoms with van der Waals surface area (Å²) in [6, 6.07) is 0. The van der Waals surface area contributed by atoms with Crippen molar-refractivity contribution in [1.82, 2.24) is 5.32 Å². The van der Waals surface area contributed by atoms with E-state index in [1.807, 2.05) is 6.26 Å². The second kappa shape index (κ2) is 7.41. The van der Waals surface area contributed by atoms with Gasteiger partial charge in [0, 0.05) is 17.8 Å². The van der Waals surface area contributed by atoms with Gasteiger partial charge in [-0.15, -0.1) is 11.6 Å². The molecule has 2 nitrogen and oxygen atoms in total. The van der Waals surface area contributed by atoms with E-state index in [4.69, 9.17) is 11.6 Å². The Hall–Kier alpha value is 0.110. The second-order valence-electron chi connectivity index (χ2n) is 3.55. The monoisotopic (exact) mass is 237 g/mol. The van der Waals surface area contributed by atoms with Gasteiger partial charge in [-0.2, -0.15) is 11.8 Å². The topological polar surface area (TPSA) is 29.1 Å². The Bertz CT molecular complexity index is 163. The van der Waals surface area contributed by atoms with Crippen LogP contribution in [0.2, 0.25) is 0 Å². The molecular formula is C10H20ClNOS. The molecule has 0 radical (unpaired) electrons. The largest absolute Gasteiger partial charge is 0.355 e. The molecule has 0 fully saturated rings. The summed E-state index contributed by atoms with van der Waals surface area (Å²) in [5.74, 6) is 1.25. The molecule has 84 valence electrons. The normalized spacial score (nSPS) is 11.4. The molecule has 14 heavy (non-hydrogen) atoms. The minimum atomic E-state index is 0.0790. The van der Waals surface area contributed by atoms with Crippen LogP contribution in [0.4, 0.5) is 0 Å². The number of hydrogen-bond acceptors (Lipinski definition) is 2. The summed E-state index contributed by atoms with van der Waals surface area (Å²) < 4.78 is 0. The number of hydrogen-bond donors (Lipinski definition) is 1. The molecule has 0 aromatic rings. The van der Waals surface area contributed by atoms with Crippen LogP contribution in [-0.2, 0) is 4.79 Å². The van der Waals surface area contributed by atoms with E-state index in [2.05, 4.69) is 19.2 Å². The van der Waals surface area contributed by atoms with Gasteiger partial charge in [-0.25, -0.2) is 0 Å². The number of carbonyl (C=O) groups excluding carboxylic acids is 1. The maximum atomic E-state index is 11.3. The van der Waals surface area contributed by atoms with Crippen molar-refractivity contribution in [3.63, 3.8) is 0 Å². The van der Waals surface area contributed by atoms with Gasteiger partial charge in [0.05, 0.1) is 5.75 Å². The molecular weight excluding hydrogens is 218 g/mol. The average molecular weight is 238 g/mol. The highest BCUT2D eigenvalue weighted by Crippen LogP contribution is 2.26. The van der Waals surface area contributed by atoms with E-state index in [1.54, 1.807) is 0 Å². The van der Waals surface area contributed by atoms with E-state index >= 15 is 0 Å². The van der Waals surface area contributed by atoms with E-state index in [0.717, 1.165) is 12.8 Å². The third-order valence-corrected chi connectivity index (χ3v) is 3.84. The lowest BCUT2D eigenvalue weighted by Gasteiger charge is -2.29. The lowest BCUT2D eigenvalue weighted by Crippen LogP contribution is -2.38. The van der Waals surface area contributed by atoms with E-state index in [-0.39, 0.29) is 11.3 Å². The Morgan fingerprint density at radius 1 is 1.43 bits per heavy atom. The number of halogens is 1. The lowest BCUT2D eigenvalue weighted by atomic mass is 9.84. The molecule has 0 bridgehead atoms. The minimum absolute atomic E-state index is 0.0790. The molecule has 4 heteroatoms. The molecule has 0 aromatic heterocycles. The first-order chi connectivity index (χ1) is 6.64. The SMILES string of the molecule is CCC(CC)(CCl)CNC(=O)CSC. The van der Waals surface area contributed by atoms with Crippen LogP contribution in [0.3, 0.4) is 0 Å². The summed E-state index contributed by atoms with van der Waals surface area (Å²) in [4.78, 5) is 11.3. The van der Waals surface area contributed by atoms with Gasteiger partial charge in [-0.1, -0.05) is 13.8 Å². The standard InChI is InChI=1S/C10H20ClNOS/c1-4-10(5-2,7-11)8-12-9(13)6-14-3/h4-8H2,1-3H3,(H,12,13). The van der Waals surface area contributed by atoms with Crippen molar-refractivity contribution >= 4 is 29.3 Å². The molecule has 0 aliphatic carbocycles. The predicted molar refractivity (Wildman–Crippen MR) is 65.1 cm³/mol. The number of amides is 1. The van der Waals surface area contributed by atoms with Crippen molar-refractivity contribution in [1.29, 1.82) is 0 Å². The van der Waals surface area contributed by atoms with Crippen LogP contribution in [0, 0.1) is 5.41 Å². The molecule has 1 amide bonds. The first-order valence-corrected chi connectivity index (χ1v) is 6.88. The Morgan fingerprint density at radius 2 is 2.00 bits per heavy atom. The molecule has 0 aliphatic heterocycles. The van der Waals surface area contributed by atoms with Crippen molar-refractivity contribution < 1.29 is 4.79 Å². The molecule has 0 atom stereocenters. The zero-order chi connectivity index (χ0) is 11.0. The molecule has 0 aliphatic rings. The van der Waals surface area contributed by atoms with Crippen molar-refractivity contribution in [2.45, 2.75) is 26.7 Å². The van der Waals surface area contributed by atoms with Gasteiger partial charge in [-0.05, 0) is 19.1 Å². The predicted octanol–water partition coefficient (Wildman–Crippen LogP) is 2.51. The summed E-state index contributed by atoms with van der Waals surface area (Å²) in [7, 11) is 0. The summed E-state index contributed by atoms with van der Waals surface area (Å²) >= 11 is 7.47. The van der Waals surface area contributed by atoms with Crippen LogP contribution in [0.15, 0.2) is 0 Å². The zero-order valence-corrected chi connectivity index (χ0v) is 10.8. The maximum absolute atomic E-state index is 11.3. The smallest absolute Gasteiger partial charge is 0.230 e. The number of thioether (sulfide) groups is 1. The fourth-order valence-corrected chi connectivity index (χ4v) is 2.04. The lowest BCUT2D eigenvalue weighted by molar-refractivity contribution is -0.119. The second-order valence-corrected chi connectivity index (χ2v) is 4.68. The molecule has 0 spiro atoms. The number of carbonyl (C=O) groups is 1. The molecule has 0 aromatic carbocycles. The van der Waals surface area contributed by atoms with Gasteiger partial charge in [0.1, 0.15) is 0 Å². The Balaban J connectivity index is 3.99. The molecule has 0 rings (SSSR count). The Kier molecular flexibility index (Phi) is 7.47. The van der Waals surface area contributed by atoms with E-state index in [0.29, 0.717) is 18.2 Å². The highest BCUT2D eigenvalue weighted by atomic mass is 35.5. The third kappa shape index (κ3) is 4.56. The van der Waals surface area contributed by atoms with E-state index < -0.39 is 0 Å². The molecule has 1 N–H and O–H groups in total. The molecule has 0 unspecified atom stereocenters. The van der Waals surface area contributed by atoms with Gasteiger partial charge in [0.25, 0.3) is 0 Å². The number of nitrogens with one attached hydrogen (secondary N) is 1. The quantitative estimate of drug-likeness (QED) is 0.690. The van der Waals surface area contributed by atoms with Gasteiger partial charge in [0.2, 0.25) is 5.91 Å². The van der Waals surface area contributed by atoms with Crippen LogP contribution in [-0.4, -0.2) is 30.3 Å². The van der Waals surface area contributed by atoms with Crippen LogP contribution in [0.25, 0.3) is 0 Å². The number of alkyl halides is 1. The zero-order valence-electron chi connectivity index (χ0n) is 9.23. The van der Waals surface area contributed by atoms with Gasteiger partial charge >= 0.3 is 0 Å². The highest BCUT2D eigenvalue weighted by Gasteiger charge is 2.25. The van der Waals surface area contributed by atoms with Crippen molar-refractivity contribution in [3.8, 4) is 0 Å². The van der Waals surface area contributed by atoms with Crippen molar-refractivity contribution in [2.75, 3.05) is 24.4 Å². The van der Waals surface area contributed by atoms with Crippen molar-refractivity contribution in [2.24, 2.45) is 5.41 Å². The molecule has 0 saturated heterocycles. The minimum Gasteiger partial charge on any atom is -0.355 e. The van der Waals surface area contributed by atoms with E-state index in [9.17, 15) is 4.79 Å². The van der Waals surface area contributed by atoms with Crippen molar-refractivity contribution in [3.05, 3.63) is 0 Å². The first-order valence-electron chi connectivity index (χ1n) is 4.95. The third-order valence-electron chi connectivity index (χ3n) is 2.72. The summed E-state index contributed by atoms with van der Waals surface area (Å²) in [5, 5.41) is 2.93. The average Bonchev–Trinajstić information content (AvgIpc) is 2.21. The summed E-state index contributed by atoms with van der Waals surface area (Å²) in [6.07, 6.45) is 3.94. The van der Waals surface area contributed by atoms with E-state index in [1.165, 1.54) is 11.8 Å².